The van der Waals surface area contributed by atoms with Crippen LogP contribution in [0.25, 0.3) is 10.8 Å². The Labute approximate surface area is 87.8 Å². The van der Waals surface area contributed by atoms with Crippen LogP contribution in [0.1, 0.15) is 0 Å². The van der Waals surface area contributed by atoms with Gasteiger partial charge in [0.05, 0.1) is 5.69 Å². The largest absolute Gasteiger partial charge is 0.251 e. The quantitative estimate of drug-likeness (QED) is 0.627. The second-order valence-electron chi connectivity index (χ2n) is 3.00. The van der Waals surface area contributed by atoms with Crippen molar-refractivity contribution in [1.82, 2.24) is 0 Å². The maximum atomic E-state index is 13.2. The van der Waals surface area contributed by atoms with Crippen molar-refractivity contribution in [2.75, 3.05) is 4.53 Å². The van der Waals surface area contributed by atoms with E-state index in [1.807, 2.05) is 6.07 Å². The lowest BCUT2D eigenvalue weighted by Gasteiger charge is -2.08. The number of anilines is 1. The molecule has 0 N–H and O–H groups in total. The molecule has 15 heavy (non-hydrogen) atoms. The molecular formula is C10H8FNO2S. The van der Waals surface area contributed by atoms with Crippen LogP contribution in [0.4, 0.5) is 10.2 Å². The maximum Gasteiger partial charge on any atom is 0.251 e. The van der Waals surface area contributed by atoms with Gasteiger partial charge in [-0.05, 0) is 11.5 Å². The molecule has 0 atom stereocenters. The molecule has 0 fully saturated rings. The standard InChI is InChI=1S/C10H8FNO2S/c11-12(15(13)14)10-7-3-5-8-4-1-2-6-9(8)10/h1-7,15H. The number of rotatable bonds is 2. The predicted octanol–water partition coefficient (Wildman–Crippen LogP) is 2.06. The Kier molecular flexibility index (Phi) is 2.55. The van der Waals surface area contributed by atoms with E-state index in [0.29, 0.717) is 5.39 Å². The summed E-state index contributed by atoms with van der Waals surface area (Å²) < 4.78 is 34.0. The molecule has 3 nitrogen and oxygen atoms in total. The normalized spacial score (nSPS) is 10.8. The second kappa shape index (κ2) is 3.86. The summed E-state index contributed by atoms with van der Waals surface area (Å²) in [6, 6.07) is 11.9. The van der Waals surface area contributed by atoms with E-state index in [0.717, 1.165) is 5.39 Å². The van der Waals surface area contributed by atoms with Crippen LogP contribution in [0.5, 0.6) is 0 Å². The van der Waals surface area contributed by atoms with Crippen molar-refractivity contribution < 1.29 is 12.9 Å². The van der Waals surface area contributed by atoms with Crippen molar-refractivity contribution in [2.24, 2.45) is 0 Å². The average molecular weight is 225 g/mol. The third-order valence-electron chi connectivity index (χ3n) is 2.11. The lowest BCUT2D eigenvalue weighted by atomic mass is 10.1. The van der Waals surface area contributed by atoms with Gasteiger partial charge >= 0.3 is 0 Å². The van der Waals surface area contributed by atoms with Gasteiger partial charge in [-0.1, -0.05) is 40.9 Å². The first-order valence-corrected chi connectivity index (χ1v) is 5.41. The number of thiol groups is 1. The number of benzene rings is 2. The van der Waals surface area contributed by atoms with Crippen LogP contribution in [0, 0.1) is 0 Å². The SMILES string of the molecule is O=[SH](=O)N(F)c1cccc2ccccc12. The van der Waals surface area contributed by atoms with Crippen molar-refractivity contribution in [2.45, 2.75) is 0 Å². The van der Waals surface area contributed by atoms with Crippen LogP contribution in [0.2, 0.25) is 0 Å². The highest BCUT2D eigenvalue weighted by atomic mass is 32.2. The minimum atomic E-state index is -3.24. The molecular weight excluding hydrogens is 217 g/mol. The van der Waals surface area contributed by atoms with Crippen molar-refractivity contribution in [3.63, 3.8) is 0 Å². The Bertz CT molecular complexity index is 555. The van der Waals surface area contributed by atoms with E-state index in [1.54, 1.807) is 30.3 Å². The third-order valence-corrected chi connectivity index (χ3v) is 2.61. The number of hydrogen-bond donors (Lipinski definition) is 1. The van der Waals surface area contributed by atoms with Crippen LogP contribution < -0.4 is 4.53 Å². The number of halogens is 1. The zero-order valence-electron chi connectivity index (χ0n) is 7.63. The van der Waals surface area contributed by atoms with E-state index in [2.05, 4.69) is 0 Å². The van der Waals surface area contributed by atoms with Gasteiger partial charge in [-0.3, -0.25) is 0 Å². The molecule has 0 aliphatic rings. The summed E-state index contributed by atoms with van der Waals surface area (Å²) in [4.78, 5) is 0. The summed E-state index contributed by atoms with van der Waals surface area (Å²) in [7, 11) is -3.24. The average Bonchev–Trinajstić information content (AvgIpc) is 2.27. The monoisotopic (exact) mass is 225 g/mol. The molecule has 0 bridgehead atoms. The highest BCUT2D eigenvalue weighted by Gasteiger charge is 2.10. The predicted molar refractivity (Wildman–Crippen MR) is 57.8 cm³/mol. The number of hydrogen-bond acceptors (Lipinski definition) is 2. The molecule has 0 saturated carbocycles. The number of nitrogens with zero attached hydrogens (tertiary/aromatic N) is 1. The van der Waals surface area contributed by atoms with E-state index >= 15 is 0 Å². The lowest BCUT2D eigenvalue weighted by Crippen LogP contribution is -2.08. The van der Waals surface area contributed by atoms with Gasteiger partial charge in [0.1, 0.15) is 0 Å². The smallest absolute Gasteiger partial charge is 0.207 e. The molecule has 0 saturated heterocycles. The van der Waals surface area contributed by atoms with Gasteiger partial charge < -0.3 is 0 Å². The molecule has 0 radical (unpaired) electrons. The Balaban J connectivity index is 2.71. The molecule has 0 unspecified atom stereocenters. The molecule has 5 heteroatoms. The summed E-state index contributed by atoms with van der Waals surface area (Å²) >= 11 is 0. The molecule has 0 amide bonds. The van der Waals surface area contributed by atoms with Crippen LogP contribution in [0.3, 0.4) is 0 Å². The topological polar surface area (TPSA) is 37.4 Å². The molecule has 2 rings (SSSR count). The summed E-state index contributed by atoms with van der Waals surface area (Å²) in [6.07, 6.45) is 0. The molecule has 0 spiro atoms. The first-order valence-electron chi connectivity index (χ1n) is 4.28. The lowest BCUT2D eigenvalue weighted by molar-refractivity contribution is 0.509. The first-order chi connectivity index (χ1) is 7.20. The second-order valence-corrected chi connectivity index (χ2v) is 3.82. The van der Waals surface area contributed by atoms with E-state index in [9.17, 15) is 12.9 Å². The molecule has 0 aliphatic heterocycles. The van der Waals surface area contributed by atoms with E-state index in [1.165, 1.54) is 6.07 Å². The van der Waals surface area contributed by atoms with Gasteiger partial charge in [0.25, 0.3) is 10.9 Å². The first kappa shape index (κ1) is 9.92. The third kappa shape index (κ3) is 1.78. The van der Waals surface area contributed by atoms with Crippen LogP contribution in [0.15, 0.2) is 42.5 Å². The van der Waals surface area contributed by atoms with E-state index in [-0.39, 0.29) is 10.2 Å². The summed E-state index contributed by atoms with van der Waals surface area (Å²) in [5.41, 5.74) is 0.0456. The van der Waals surface area contributed by atoms with Crippen molar-refractivity contribution in [3.8, 4) is 0 Å². The zero-order valence-corrected chi connectivity index (χ0v) is 8.52. The fourth-order valence-electron chi connectivity index (χ4n) is 1.46. The van der Waals surface area contributed by atoms with Crippen molar-refractivity contribution in [1.29, 1.82) is 0 Å². The Morgan fingerprint density at radius 2 is 1.67 bits per heavy atom. The Morgan fingerprint density at radius 1 is 1.00 bits per heavy atom. The summed E-state index contributed by atoms with van der Waals surface area (Å²) in [6.45, 7) is 0. The number of fused-ring (bicyclic) bond motifs is 1. The summed E-state index contributed by atoms with van der Waals surface area (Å²) in [5.74, 6) is 0. The highest BCUT2D eigenvalue weighted by Crippen LogP contribution is 2.26. The molecule has 0 heterocycles. The van der Waals surface area contributed by atoms with Crippen molar-refractivity contribution in [3.05, 3.63) is 42.5 Å². The van der Waals surface area contributed by atoms with Crippen molar-refractivity contribution >= 4 is 27.4 Å². The van der Waals surface area contributed by atoms with Crippen LogP contribution in [-0.4, -0.2) is 8.42 Å². The van der Waals surface area contributed by atoms with Crippen LogP contribution >= 0.6 is 0 Å². The summed E-state index contributed by atoms with van der Waals surface area (Å²) in [5, 5.41) is 1.37. The zero-order chi connectivity index (χ0) is 10.8. The Morgan fingerprint density at radius 3 is 2.40 bits per heavy atom. The molecule has 2 aromatic rings. The molecule has 2 aromatic carbocycles. The van der Waals surface area contributed by atoms with Gasteiger partial charge in [-0.15, -0.1) is 4.53 Å². The van der Waals surface area contributed by atoms with Gasteiger partial charge in [-0.25, -0.2) is 8.42 Å². The minimum absolute atomic E-state index is 0.0456. The minimum Gasteiger partial charge on any atom is -0.207 e. The van der Waals surface area contributed by atoms with Gasteiger partial charge in [0, 0.05) is 5.39 Å². The van der Waals surface area contributed by atoms with Crippen LogP contribution in [-0.2, 0) is 10.9 Å². The Hall–Kier alpha value is -1.62. The van der Waals surface area contributed by atoms with Gasteiger partial charge in [-0.2, -0.15) is 0 Å². The van der Waals surface area contributed by atoms with E-state index < -0.39 is 10.9 Å². The fourth-order valence-corrected chi connectivity index (χ4v) is 1.81. The van der Waals surface area contributed by atoms with Gasteiger partial charge in [0.15, 0.2) is 0 Å². The van der Waals surface area contributed by atoms with E-state index in [4.69, 9.17) is 0 Å². The highest BCUT2D eigenvalue weighted by molar-refractivity contribution is 7.73. The molecule has 0 aliphatic carbocycles. The fraction of sp³-hybridized carbons (Fsp3) is 0. The van der Waals surface area contributed by atoms with Gasteiger partial charge in [0.2, 0.25) is 0 Å². The molecule has 78 valence electrons. The maximum absolute atomic E-state index is 13.2. The molecule has 0 aromatic heterocycles.